The van der Waals surface area contributed by atoms with Crippen LogP contribution < -0.4 is 0 Å². The molecule has 0 N–H and O–H groups in total. The van der Waals surface area contributed by atoms with E-state index in [1.165, 1.54) is 48.8 Å². The molecule has 0 aliphatic heterocycles. The molecule has 0 amide bonds. The molecule has 7 aliphatic rings. The third kappa shape index (κ3) is 4.38. The van der Waals surface area contributed by atoms with Crippen LogP contribution in [0.5, 0.6) is 0 Å². The quantitative estimate of drug-likeness (QED) is 0.181. The highest BCUT2D eigenvalue weighted by Crippen LogP contribution is 2.76. The van der Waals surface area contributed by atoms with Crippen molar-refractivity contribution in [2.75, 3.05) is 0 Å². The second-order valence-corrected chi connectivity index (χ2v) is 16.1. The fourth-order valence-electron chi connectivity index (χ4n) is 12.1. The molecule has 1 heterocycles. The van der Waals surface area contributed by atoms with Gasteiger partial charge in [-0.15, -0.1) is 0 Å². The maximum absolute atomic E-state index is 4.98. The van der Waals surface area contributed by atoms with Crippen LogP contribution >= 0.6 is 0 Å². The molecule has 8 bridgehead atoms. The van der Waals surface area contributed by atoms with E-state index in [-0.39, 0.29) is 0 Å². The summed E-state index contributed by atoms with van der Waals surface area (Å²) in [4.78, 5) is 14.8. The van der Waals surface area contributed by atoms with Gasteiger partial charge in [0.05, 0.1) is 0 Å². The summed E-state index contributed by atoms with van der Waals surface area (Å²) in [7, 11) is 0. The molecule has 7 aliphatic carbocycles. The van der Waals surface area contributed by atoms with Gasteiger partial charge in [0.15, 0.2) is 17.5 Å². The van der Waals surface area contributed by atoms with Crippen molar-refractivity contribution in [1.29, 1.82) is 0 Å². The van der Waals surface area contributed by atoms with Crippen LogP contribution in [0.15, 0.2) is 133 Å². The van der Waals surface area contributed by atoms with E-state index in [4.69, 9.17) is 15.0 Å². The number of hydrogen-bond donors (Lipinski definition) is 0. The fraction of sp³-hybridized carbons (Fsp3) is 0.298. The molecule has 244 valence electrons. The van der Waals surface area contributed by atoms with Crippen molar-refractivity contribution in [1.82, 2.24) is 15.0 Å². The van der Waals surface area contributed by atoms with Crippen LogP contribution in [0, 0.1) is 41.4 Å². The van der Waals surface area contributed by atoms with Gasteiger partial charge in [0, 0.05) is 22.1 Å². The number of rotatable bonds is 6. The molecule has 4 atom stereocenters. The topological polar surface area (TPSA) is 38.7 Å². The number of aromatic nitrogens is 3. The lowest BCUT2D eigenvalue weighted by atomic mass is 9.30. The Morgan fingerprint density at radius 2 is 0.840 bits per heavy atom. The van der Waals surface area contributed by atoms with Gasteiger partial charge in [0.25, 0.3) is 0 Å². The summed E-state index contributed by atoms with van der Waals surface area (Å²) < 4.78 is 0. The third-order valence-electron chi connectivity index (χ3n) is 13.8. The van der Waals surface area contributed by atoms with Gasteiger partial charge in [-0.05, 0) is 120 Å². The Morgan fingerprint density at radius 1 is 0.380 bits per heavy atom. The predicted octanol–water partition coefficient (Wildman–Crippen LogP) is 11.2. The van der Waals surface area contributed by atoms with Crippen molar-refractivity contribution in [2.45, 2.75) is 43.9 Å². The molecule has 7 fully saturated rings. The van der Waals surface area contributed by atoms with E-state index in [0.29, 0.717) is 22.9 Å². The SMILES string of the molecule is c1ccc(-c2nc(-c3ccccc3)nc(-c3cccc(-c4cccc(-c5ccc(C67CC8CC9C%10CC(CC96)CC7C%10C8)cc5)c4)c3)n2)cc1. The van der Waals surface area contributed by atoms with E-state index in [1.54, 1.807) is 12.0 Å². The Kier molecular flexibility index (Phi) is 6.39. The van der Waals surface area contributed by atoms with E-state index in [0.717, 1.165) is 63.7 Å². The van der Waals surface area contributed by atoms with Gasteiger partial charge < -0.3 is 0 Å². The fourth-order valence-corrected chi connectivity index (χ4v) is 12.1. The van der Waals surface area contributed by atoms with Crippen LogP contribution in [0.3, 0.4) is 0 Å². The molecule has 4 unspecified atom stereocenters. The predicted molar refractivity (Wildman–Crippen MR) is 201 cm³/mol. The number of nitrogens with zero attached hydrogens (tertiary/aromatic N) is 3. The van der Waals surface area contributed by atoms with E-state index in [1.807, 2.05) is 36.4 Å². The Bertz CT molecular complexity index is 2140. The average molecular weight is 648 g/mol. The summed E-state index contributed by atoms with van der Waals surface area (Å²) in [6.45, 7) is 0. The molecular formula is C47H41N3. The van der Waals surface area contributed by atoms with Crippen molar-refractivity contribution >= 4 is 0 Å². The van der Waals surface area contributed by atoms with Crippen molar-refractivity contribution in [3.8, 4) is 56.4 Å². The molecular weight excluding hydrogens is 607 g/mol. The minimum Gasteiger partial charge on any atom is -0.208 e. The van der Waals surface area contributed by atoms with E-state index >= 15 is 0 Å². The monoisotopic (exact) mass is 647 g/mol. The van der Waals surface area contributed by atoms with Gasteiger partial charge in [-0.3, -0.25) is 0 Å². The standard InChI is InChI=1S/C47H41N3/c1-3-9-32(10-4-1)44-48-45(33-11-5-2-6-12-33)50-46(49-44)37-16-8-15-36(27-37)35-14-7-13-34(26-35)31-17-19-38(20-18-31)47-28-30-22-40-39-21-29(24-42(40)47)25-43(47)41(39)23-30/h1-20,26-27,29-30,39-43H,21-25,28H2. The number of hydrogen-bond acceptors (Lipinski definition) is 3. The van der Waals surface area contributed by atoms with E-state index < -0.39 is 0 Å². The Morgan fingerprint density at radius 3 is 1.42 bits per heavy atom. The minimum absolute atomic E-state index is 0.459. The Hall–Kier alpha value is -4.89. The van der Waals surface area contributed by atoms with Gasteiger partial charge >= 0.3 is 0 Å². The molecule has 50 heavy (non-hydrogen) atoms. The maximum atomic E-state index is 4.98. The van der Waals surface area contributed by atoms with Crippen LogP contribution in [0.2, 0.25) is 0 Å². The first kappa shape index (κ1) is 28.9. The second kappa shape index (κ2) is 11.1. The van der Waals surface area contributed by atoms with Gasteiger partial charge in [-0.2, -0.15) is 0 Å². The van der Waals surface area contributed by atoms with Crippen LogP contribution in [0.4, 0.5) is 0 Å². The molecule has 13 rings (SSSR count). The minimum atomic E-state index is 0.459. The number of benzene rings is 5. The average Bonchev–Trinajstić information content (AvgIpc) is 3.20. The van der Waals surface area contributed by atoms with E-state index in [2.05, 4.69) is 97.1 Å². The summed E-state index contributed by atoms with van der Waals surface area (Å²) in [5.41, 5.74) is 9.99. The maximum Gasteiger partial charge on any atom is 0.164 e. The van der Waals surface area contributed by atoms with Crippen LogP contribution in [-0.4, -0.2) is 15.0 Å². The van der Waals surface area contributed by atoms with Crippen molar-refractivity contribution < 1.29 is 0 Å². The summed E-state index contributed by atoms with van der Waals surface area (Å²) in [5.74, 6) is 9.00. The van der Waals surface area contributed by atoms with Crippen molar-refractivity contribution in [3.63, 3.8) is 0 Å². The summed E-state index contributed by atoms with van der Waals surface area (Å²) in [6, 6.07) is 48.0. The van der Waals surface area contributed by atoms with Gasteiger partial charge in [-0.25, -0.2) is 15.0 Å². The highest BCUT2D eigenvalue weighted by molar-refractivity contribution is 5.76. The zero-order chi connectivity index (χ0) is 32.8. The lowest BCUT2D eigenvalue weighted by molar-refractivity contribution is -0.220. The first-order valence-corrected chi connectivity index (χ1v) is 18.9. The van der Waals surface area contributed by atoms with Gasteiger partial charge in [0.1, 0.15) is 0 Å². The van der Waals surface area contributed by atoms with Crippen molar-refractivity contribution in [2.24, 2.45) is 41.4 Å². The molecule has 3 nitrogen and oxygen atoms in total. The summed E-state index contributed by atoms with van der Waals surface area (Å²) in [6.07, 6.45) is 9.10. The lowest BCUT2D eigenvalue weighted by Gasteiger charge is -2.74. The molecule has 0 radical (unpaired) electrons. The normalized spacial score (nSPS) is 29.8. The first-order valence-electron chi connectivity index (χ1n) is 18.9. The molecule has 6 aromatic rings. The van der Waals surface area contributed by atoms with Crippen LogP contribution in [0.1, 0.15) is 44.1 Å². The molecule has 0 spiro atoms. The van der Waals surface area contributed by atoms with E-state index in [9.17, 15) is 0 Å². The Balaban J connectivity index is 0.923. The van der Waals surface area contributed by atoms with Crippen LogP contribution in [-0.2, 0) is 5.41 Å². The zero-order valence-corrected chi connectivity index (χ0v) is 28.3. The molecule has 5 aromatic carbocycles. The van der Waals surface area contributed by atoms with Crippen molar-refractivity contribution in [3.05, 3.63) is 139 Å². The molecule has 0 saturated heterocycles. The lowest BCUT2D eigenvalue weighted by Crippen LogP contribution is -2.69. The molecule has 1 aromatic heterocycles. The smallest absolute Gasteiger partial charge is 0.164 e. The third-order valence-corrected chi connectivity index (χ3v) is 13.8. The largest absolute Gasteiger partial charge is 0.208 e. The zero-order valence-electron chi connectivity index (χ0n) is 28.3. The highest BCUT2D eigenvalue weighted by atomic mass is 15.0. The summed E-state index contributed by atoms with van der Waals surface area (Å²) >= 11 is 0. The van der Waals surface area contributed by atoms with Crippen LogP contribution in [0.25, 0.3) is 56.4 Å². The molecule has 3 heteroatoms. The summed E-state index contributed by atoms with van der Waals surface area (Å²) in [5, 5.41) is 0. The highest BCUT2D eigenvalue weighted by Gasteiger charge is 2.70. The van der Waals surface area contributed by atoms with Gasteiger partial charge in [-0.1, -0.05) is 121 Å². The molecule has 7 saturated carbocycles. The Labute approximate surface area is 294 Å². The van der Waals surface area contributed by atoms with Gasteiger partial charge in [0.2, 0.25) is 0 Å². The first-order chi connectivity index (χ1) is 24.7. The second-order valence-electron chi connectivity index (χ2n) is 16.1.